The standard InChI is InChI=1S/C10H14ClNO2S2/c11-9-4-3-8(6-9)7-12-16(13,14)10-2-1-5-15-10/h1-2,5,8-9,12H,3-4,6-7H2. The lowest BCUT2D eigenvalue weighted by Gasteiger charge is -2.10. The molecule has 2 rings (SSSR count). The third-order valence-electron chi connectivity index (χ3n) is 2.80. The van der Waals surface area contributed by atoms with Crippen molar-refractivity contribution in [1.82, 2.24) is 4.72 Å². The van der Waals surface area contributed by atoms with Gasteiger partial charge in [-0.05, 0) is 36.6 Å². The Morgan fingerprint density at radius 3 is 2.88 bits per heavy atom. The molecule has 6 heteroatoms. The lowest BCUT2D eigenvalue weighted by Crippen LogP contribution is -2.28. The number of hydrogen-bond acceptors (Lipinski definition) is 3. The van der Waals surface area contributed by atoms with Gasteiger partial charge < -0.3 is 0 Å². The van der Waals surface area contributed by atoms with Crippen molar-refractivity contribution >= 4 is 33.0 Å². The maximum absolute atomic E-state index is 11.8. The monoisotopic (exact) mass is 279 g/mol. The summed E-state index contributed by atoms with van der Waals surface area (Å²) in [5, 5.41) is 1.98. The number of rotatable bonds is 4. The third-order valence-corrected chi connectivity index (χ3v) is 6.02. The van der Waals surface area contributed by atoms with E-state index in [4.69, 9.17) is 11.6 Å². The molecule has 2 atom stereocenters. The zero-order valence-electron chi connectivity index (χ0n) is 8.73. The molecule has 1 fully saturated rings. The molecule has 3 nitrogen and oxygen atoms in total. The van der Waals surface area contributed by atoms with E-state index in [0.717, 1.165) is 19.3 Å². The molecule has 0 spiro atoms. The van der Waals surface area contributed by atoms with Gasteiger partial charge in [0.15, 0.2) is 0 Å². The minimum atomic E-state index is -3.30. The molecule has 0 aliphatic heterocycles. The zero-order chi connectivity index (χ0) is 11.6. The van der Waals surface area contributed by atoms with Crippen LogP contribution in [0, 0.1) is 5.92 Å². The second kappa shape index (κ2) is 5.04. The molecule has 0 saturated heterocycles. The highest BCUT2D eigenvalue weighted by atomic mass is 35.5. The summed E-state index contributed by atoms with van der Waals surface area (Å²) in [6.45, 7) is 0.503. The van der Waals surface area contributed by atoms with E-state index in [-0.39, 0.29) is 5.38 Å². The molecule has 1 N–H and O–H groups in total. The molecule has 1 aromatic rings. The van der Waals surface area contributed by atoms with Gasteiger partial charge in [-0.15, -0.1) is 22.9 Å². The van der Waals surface area contributed by atoms with Gasteiger partial charge in [0, 0.05) is 11.9 Å². The number of alkyl halides is 1. The van der Waals surface area contributed by atoms with E-state index in [1.165, 1.54) is 11.3 Å². The molecular formula is C10H14ClNO2S2. The molecular weight excluding hydrogens is 266 g/mol. The topological polar surface area (TPSA) is 46.2 Å². The Balaban J connectivity index is 1.91. The van der Waals surface area contributed by atoms with Crippen LogP contribution in [0.4, 0.5) is 0 Å². The number of halogens is 1. The van der Waals surface area contributed by atoms with Crippen molar-refractivity contribution in [2.24, 2.45) is 5.92 Å². The molecule has 1 heterocycles. The molecule has 1 aliphatic carbocycles. The van der Waals surface area contributed by atoms with Crippen LogP contribution in [0.15, 0.2) is 21.7 Å². The van der Waals surface area contributed by atoms with Gasteiger partial charge in [0.05, 0.1) is 0 Å². The highest BCUT2D eigenvalue weighted by Gasteiger charge is 2.24. The van der Waals surface area contributed by atoms with Gasteiger partial charge in [0.25, 0.3) is 0 Å². The number of thiophene rings is 1. The van der Waals surface area contributed by atoms with E-state index in [1.54, 1.807) is 17.5 Å². The van der Waals surface area contributed by atoms with Crippen LogP contribution in [0.2, 0.25) is 0 Å². The smallest absolute Gasteiger partial charge is 0.210 e. The van der Waals surface area contributed by atoms with Crippen molar-refractivity contribution in [3.05, 3.63) is 17.5 Å². The number of hydrogen-bond donors (Lipinski definition) is 1. The Kier molecular flexibility index (Phi) is 3.89. The Labute approximate surface area is 105 Å². The predicted molar refractivity (Wildman–Crippen MR) is 66.5 cm³/mol. The third kappa shape index (κ3) is 2.97. The average molecular weight is 280 g/mol. The fraction of sp³-hybridized carbons (Fsp3) is 0.600. The lowest BCUT2D eigenvalue weighted by molar-refractivity contribution is 0.521. The Bertz CT molecular complexity index is 430. The number of sulfonamides is 1. The van der Waals surface area contributed by atoms with Crippen LogP contribution in [0.5, 0.6) is 0 Å². The first-order valence-electron chi connectivity index (χ1n) is 5.25. The van der Waals surface area contributed by atoms with Gasteiger partial charge in [0.1, 0.15) is 4.21 Å². The average Bonchev–Trinajstić information content (AvgIpc) is 2.85. The van der Waals surface area contributed by atoms with Crippen molar-refractivity contribution in [2.45, 2.75) is 28.8 Å². The van der Waals surface area contributed by atoms with Crippen molar-refractivity contribution < 1.29 is 8.42 Å². The lowest BCUT2D eigenvalue weighted by atomic mass is 10.1. The summed E-state index contributed by atoms with van der Waals surface area (Å²) >= 11 is 7.22. The molecule has 1 aromatic heterocycles. The summed E-state index contributed by atoms with van der Waals surface area (Å²) in [7, 11) is -3.30. The van der Waals surface area contributed by atoms with E-state index >= 15 is 0 Å². The van der Waals surface area contributed by atoms with Crippen molar-refractivity contribution in [1.29, 1.82) is 0 Å². The Morgan fingerprint density at radius 1 is 1.50 bits per heavy atom. The summed E-state index contributed by atoms with van der Waals surface area (Å²) in [6, 6.07) is 3.36. The Morgan fingerprint density at radius 2 is 2.31 bits per heavy atom. The van der Waals surface area contributed by atoms with Gasteiger partial charge in [-0.1, -0.05) is 6.07 Å². The van der Waals surface area contributed by atoms with Gasteiger partial charge in [-0.25, -0.2) is 13.1 Å². The summed E-state index contributed by atoms with van der Waals surface area (Å²) in [6.07, 6.45) is 2.92. The highest BCUT2D eigenvalue weighted by Crippen LogP contribution is 2.29. The van der Waals surface area contributed by atoms with Crippen LogP contribution in [-0.4, -0.2) is 20.3 Å². The first-order valence-corrected chi connectivity index (χ1v) is 8.05. The molecule has 0 radical (unpaired) electrons. The molecule has 90 valence electrons. The summed E-state index contributed by atoms with van der Waals surface area (Å²) in [5.41, 5.74) is 0. The molecule has 0 bridgehead atoms. The van der Waals surface area contributed by atoms with E-state index in [2.05, 4.69) is 4.72 Å². The zero-order valence-corrected chi connectivity index (χ0v) is 11.1. The van der Waals surface area contributed by atoms with Crippen LogP contribution in [0.3, 0.4) is 0 Å². The van der Waals surface area contributed by atoms with Crippen LogP contribution >= 0.6 is 22.9 Å². The Hall–Kier alpha value is -0.100. The van der Waals surface area contributed by atoms with E-state index in [0.29, 0.717) is 16.7 Å². The van der Waals surface area contributed by atoms with Crippen molar-refractivity contribution in [3.8, 4) is 0 Å². The largest absolute Gasteiger partial charge is 0.250 e. The summed E-state index contributed by atoms with van der Waals surface area (Å²) in [4.78, 5) is 0. The van der Waals surface area contributed by atoms with Crippen LogP contribution in [-0.2, 0) is 10.0 Å². The van der Waals surface area contributed by atoms with Gasteiger partial charge in [0.2, 0.25) is 10.0 Å². The SMILES string of the molecule is O=S(=O)(NCC1CCC(Cl)C1)c1cccs1. The fourth-order valence-electron chi connectivity index (χ4n) is 1.91. The minimum Gasteiger partial charge on any atom is -0.210 e. The quantitative estimate of drug-likeness (QED) is 0.861. The maximum Gasteiger partial charge on any atom is 0.250 e. The van der Waals surface area contributed by atoms with Gasteiger partial charge >= 0.3 is 0 Å². The maximum atomic E-state index is 11.8. The van der Waals surface area contributed by atoms with Crippen LogP contribution in [0.25, 0.3) is 0 Å². The molecule has 1 aliphatic rings. The molecule has 1 saturated carbocycles. The predicted octanol–water partition coefficient (Wildman–Crippen LogP) is 2.43. The van der Waals surface area contributed by atoms with E-state index in [9.17, 15) is 8.42 Å². The van der Waals surface area contributed by atoms with Crippen molar-refractivity contribution in [3.63, 3.8) is 0 Å². The first kappa shape index (κ1) is 12.4. The number of nitrogens with one attached hydrogen (secondary N) is 1. The highest BCUT2D eigenvalue weighted by molar-refractivity contribution is 7.91. The molecule has 16 heavy (non-hydrogen) atoms. The van der Waals surface area contributed by atoms with Crippen molar-refractivity contribution in [2.75, 3.05) is 6.54 Å². The van der Waals surface area contributed by atoms with E-state index in [1.807, 2.05) is 0 Å². The minimum absolute atomic E-state index is 0.219. The second-order valence-corrected chi connectivity index (χ2v) is 7.62. The second-order valence-electron chi connectivity index (χ2n) is 4.06. The fourth-order valence-corrected chi connectivity index (χ4v) is 4.45. The van der Waals surface area contributed by atoms with Crippen LogP contribution < -0.4 is 4.72 Å². The van der Waals surface area contributed by atoms with Gasteiger partial charge in [-0.2, -0.15) is 0 Å². The molecule has 0 aromatic carbocycles. The van der Waals surface area contributed by atoms with E-state index < -0.39 is 10.0 Å². The first-order chi connectivity index (χ1) is 7.58. The van der Waals surface area contributed by atoms with Crippen LogP contribution in [0.1, 0.15) is 19.3 Å². The van der Waals surface area contributed by atoms with Gasteiger partial charge in [-0.3, -0.25) is 0 Å². The summed E-state index contributed by atoms with van der Waals surface area (Å²) in [5.74, 6) is 0.386. The molecule has 0 amide bonds. The summed E-state index contributed by atoms with van der Waals surface area (Å²) < 4.78 is 26.6. The molecule has 2 unspecified atom stereocenters. The normalized spacial score (nSPS) is 26.1.